The van der Waals surface area contributed by atoms with Crippen LogP contribution in [0.1, 0.15) is 31.1 Å². The maximum absolute atomic E-state index is 12.4. The van der Waals surface area contributed by atoms with E-state index in [1.165, 1.54) is 18.2 Å². The molecule has 0 unspecified atom stereocenters. The molecule has 0 bridgehead atoms. The lowest BCUT2D eigenvalue weighted by Gasteiger charge is -2.24. The van der Waals surface area contributed by atoms with Crippen LogP contribution < -0.4 is 10.5 Å². The van der Waals surface area contributed by atoms with Crippen LogP contribution in [0.5, 0.6) is 0 Å². The van der Waals surface area contributed by atoms with Gasteiger partial charge in [0.05, 0.1) is 17.1 Å². The molecule has 0 amide bonds. The lowest BCUT2D eigenvalue weighted by Crippen LogP contribution is -2.48. The zero-order valence-electron chi connectivity index (χ0n) is 12.1. The fourth-order valence-electron chi connectivity index (χ4n) is 1.51. The van der Waals surface area contributed by atoms with Crippen molar-refractivity contribution < 1.29 is 17.9 Å². The van der Waals surface area contributed by atoms with E-state index in [0.717, 1.165) is 0 Å². The third-order valence-corrected chi connectivity index (χ3v) is 4.75. The van der Waals surface area contributed by atoms with Gasteiger partial charge in [-0.2, -0.15) is 0 Å². The minimum Gasteiger partial charge on any atom is -0.462 e. The topological polar surface area (TPSA) is 98.5 Å². The van der Waals surface area contributed by atoms with E-state index in [1.807, 2.05) is 0 Å². The van der Waals surface area contributed by atoms with Crippen molar-refractivity contribution in [3.8, 4) is 0 Å². The third kappa shape index (κ3) is 5.06. The van der Waals surface area contributed by atoms with Gasteiger partial charge in [-0.3, -0.25) is 0 Å². The average molecular weight is 379 g/mol. The average Bonchev–Trinajstić information content (AvgIpc) is 2.37. The second kappa shape index (κ2) is 6.87. The highest BCUT2D eigenvalue weighted by atomic mass is 79.9. The Hall–Kier alpha value is -0.960. The van der Waals surface area contributed by atoms with Gasteiger partial charge in [0.2, 0.25) is 10.0 Å². The van der Waals surface area contributed by atoms with Gasteiger partial charge in [0.25, 0.3) is 0 Å². The second-order valence-corrected chi connectivity index (χ2v) is 7.69. The van der Waals surface area contributed by atoms with Crippen LogP contribution in [0.15, 0.2) is 27.6 Å². The molecular weight excluding hydrogens is 360 g/mol. The van der Waals surface area contributed by atoms with Gasteiger partial charge in [-0.05, 0) is 39.0 Å². The first kappa shape index (κ1) is 18.1. The smallest absolute Gasteiger partial charge is 0.338 e. The number of esters is 1. The summed E-state index contributed by atoms with van der Waals surface area (Å²) in [5.74, 6) is -0.576. The Bertz CT molecular complexity index is 629. The van der Waals surface area contributed by atoms with Crippen LogP contribution in [-0.4, -0.2) is 33.1 Å². The predicted molar refractivity (Wildman–Crippen MR) is 83.6 cm³/mol. The van der Waals surface area contributed by atoms with Crippen molar-refractivity contribution in [3.05, 3.63) is 28.2 Å². The van der Waals surface area contributed by atoms with Crippen LogP contribution in [0, 0.1) is 0 Å². The Labute approximate surface area is 133 Å². The van der Waals surface area contributed by atoms with E-state index in [4.69, 9.17) is 10.5 Å². The highest BCUT2D eigenvalue weighted by Gasteiger charge is 2.26. The predicted octanol–water partition coefficient (Wildman–Crippen LogP) is 1.64. The molecule has 0 spiro atoms. The Morgan fingerprint density at radius 3 is 2.52 bits per heavy atom. The quantitative estimate of drug-likeness (QED) is 0.733. The highest BCUT2D eigenvalue weighted by molar-refractivity contribution is 9.10. The fourth-order valence-corrected chi connectivity index (χ4v) is 3.65. The number of halogens is 1. The molecule has 118 valence electrons. The van der Waals surface area contributed by atoms with Gasteiger partial charge in [0.15, 0.2) is 0 Å². The molecule has 0 heterocycles. The Morgan fingerprint density at radius 1 is 1.38 bits per heavy atom. The summed E-state index contributed by atoms with van der Waals surface area (Å²) in [6.07, 6.45) is 0. The van der Waals surface area contributed by atoms with Crippen molar-refractivity contribution in [1.29, 1.82) is 0 Å². The summed E-state index contributed by atoms with van der Waals surface area (Å²) in [6, 6.07) is 4.19. The van der Waals surface area contributed by atoms with Crippen molar-refractivity contribution in [1.82, 2.24) is 4.72 Å². The maximum Gasteiger partial charge on any atom is 0.338 e. The molecule has 0 aliphatic heterocycles. The van der Waals surface area contributed by atoms with Crippen LogP contribution >= 0.6 is 15.9 Å². The van der Waals surface area contributed by atoms with Crippen LogP contribution in [-0.2, 0) is 14.8 Å². The molecule has 6 nitrogen and oxygen atoms in total. The first-order valence-electron chi connectivity index (χ1n) is 6.33. The molecule has 0 aliphatic carbocycles. The molecule has 0 saturated carbocycles. The van der Waals surface area contributed by atoms with Gasteiger partial charge in [0.1, 0.15) is 0 Å². The third-order valence-electron chi connectivity index (χ3n) is 2.61. The van der Waals surface area contributed by atoms with Gasteiger partial charge >= 0.3 is 5.97 Å². The number of ether oxygens (including phenoxy) is 1. The number of benzene rings is 1. The minimum atomic E-state index is -3.79. The molecule has 1 aromatic carbocycles. The SMILES string of the molecule is CCOC(=O)c1cc(Br)cc(S(=O)(=O)NC(C)(C)CN)c1. The summed E-state index contributed by atoms with van der Waals surface area (Å²) in [7, 11) is -3.79. The fraction of sp³-hybridized carbons (Fsp3) is 0.462. The number of rotatable bonds is 6. The van der Waals surface area contributed by atoms with Crippen molar-refractivity contribution in [2.75, 3.05) is 13.2 Å². The summed E-state index contributed by atoms with van der Waals surface area (Å²) in [5, 5.41) is 0. The number of hydrogen-bond acceptors (Lipinski definition) is 5. The van der Waals surface area contributed by atoms with E-state index in [0.29, 0.717) is 4.47 Å². The van der Waals surface area contributed by atoms with Gasteiger partial charge in [-0.15, -0.1) is 0 Å². The van der Waals surface area contributed by atoms with Gasteiger partial charge in [0, 0.05) is 16.6 Å². The van der Waals surface area contributed by atoms with E-state index in [2.05, 4.69) is 20.7 Å². The van der Waals surface area contributed by atoms with Crippen LogP contribution in [0.3, 0.4) is 0 Å². The maximum atomic E-state index is 12.4. The first-order valence-corrected chi connectivity index (χ1v) is 8.60. The summed E-state index contributed by atoms with van der Waals surface area (Å²) in [4.78, 5) is 11.7. The molecule has 0 saturated heterocycles. The second-order valence-electron chi connectivity index (χ2n) is 5.09. The Morgan fingerprint density at radius 2 is 2.00 bits per heavy atom. The number of nitrogens with two attached hydrogens (primary N) is 1. The van der Waals surface area contributed by atoms with Gasteiger partial charge in [-0.1, -0.05) is 15.9 Å². The molecule has 0 aromatic heterocycles. The van der Waals surface area contributed by atoms with Crippen LogP contribution in [0.2, 0.25) is 0 Å². The van der Waals surface area contributed by atoms with Gasteiger partial charge < -0.3 is 10.5 Å². The van der Waals surface area contributed by atoms with Crippen molar-refractivity contribution in [2.24, 2.45) is 5.73 Å². The number of nitrogens with one attached hydrogen (secondary N) is 1. The zero-order valence-corrected chi connectivity index (χ0v) is 14.5. The lowest BCUT2D eigenvalue weighted by molar-refractivity contribution is 0.0526. The molecule has 8 heteroatoms. The van der Waals surface area contributed by atoms with Crippen molar-refractivity contribution in [2.45, 2.75) is 31.2 Å². The largest absolute Gasteiger partial charge is 0.462 e. The number of carbonyl (C=O) groups is 1. The van der Waals surface area contributed by atoms with E-state index in [-0.39, 0.29) is 23.6 Å². The number of carbonyl (C=O) groups excluding carboxylic acids is 1. The van der Waals surface area contributed by atoms with E-state index < -0.39 is 21.5 Å². The molecule has 0 aliphatic rings. The van der Waals surface area contributed by atoms with E-state index in [1.54, 1.807) is 20.8 Å². The number of sulfonamides is 1. The van der Waals surface area contributed by atoms with Gasteiger partial charge in [-0.25, -0.2) is 17.9 Å². The monoisotopic (exact) mass is 378 g/mol. The molecular formula is C13H19BrN2O4S. The lowest BCUT2D eigenvalue weighted by atomic mass is 10.1. The first-order chi connectivity index (χ1) is 9.61. The van der Waals surface area contributed by atoms with E-state index in [9.17, 15) is 13.2 Å². The molecule has 1 rings (SSSR count). The molecule has 0 fully saturated rings. The van der Waals surface area contributed by atoms with Crippen LogP contribution in [0.25, 0.3) is 0 Å². The molecule has 21 heavy (non-hydrogen) atoms. The zero-order chi connectivity index (χ0) is 16.3. The summed E-state index contributed by atoms with van der Waals surface area (Å²) < 4.78 is 32.6. The van der Waals surface area contributed by atoms with Crippen molar-refractivity contribution >= 4 is 31.9 Å². The standard InChI is InChI=1S/C13H19BrN2O4S/c1-4-20-12(17)9-5-10(14)7-11(6-9)21(18,19)16-13(2,3)8-15/h5-7,16H,4,8,15H2,1-3H3. The van der Waals surface area contributed by atoms with Crippen LogP contribution in [0.4, 0.5) is 0 Å². The molecule has 0 atom stereocenters. The summed E-state index contributed by atoms with van der Waals surface area (Å²) >= 11 is 3.20. The molecule has 3 N–H and O–H groups in total. The summed E-state index contributed by atoms with van der Waals surface area (Å²) in [5.41, 5.74) is 4.91. The molecule has 0 radical (unpaired) electrons. The molecule has 1 aromatic rings. The minimum absolute atomic E-state index is 0.0264. The van der Waals surface area contributed by atoms with E-state index >= 15 is 0 Å². The summed E-state index contributed by atoms with van der Waals surface area (Å²) in [6.45, 7) is 5.39. The van der Waals surface area contributed by atoms with Crippen molar-refractivity contribution in [3.63, 3.8) is 0 Å². The highest BCUT2D eigenvalue weighted by Crippen LogP contribution is 2.21. The number of hydrogen-bond donors (Lipinski definition) is 2. The Balaban J connectivity index is 3.22. The Kier molecular flexibility index (Phi) is 5.92. The normalized spacial score (nSPS) is 12.2.